The molecular formula is C32H37F6N9O. The van der Waals surface area contributed by atoms with Gasteiger partial charge in [-0.15, -0.1) is 0 Å². The molecule has 48 heavy (non-hydrogen) atoms. The molecule has 1 amide bonds. The first-order valence-electron chi connectivity index (χ1n) is 15.1. The van der Waals surface area contributed by atoms with Crippen molar-refractivity contribution in [1.82, 2.24) is 30.2 Å². The predicted octanol–water partition coefficient (Wildman–Crippen LogP) is 6.08. The fourth-order valence-corrected chi connectivity index (χ4v) is 4.76. The molecule has 0 fully saturated rings. The Kier molecular flexibility index (Phi) is 11.6. The van der Waals surface area contributed by atoms with Gasteiger partial charge in [-0.05, 0) is 69.7 Å². The highest BCUT2D eigenvalue weighted by atomic mass is 19.4. The van der Waals surface area contributed by atoms with Crippen molar-refractivity contribution in [2.24, 2.45) is 0 Å². The van der Waals surface area contributed by atoms with E-state index in [9.17, 15) is 31.1 Å². The number of aromatic nitrogens is 4. The number of anilines is 3. The Balaban J connectivity index is 1.44. The van der Waals surface area contributed by atoms with Crippen LogP contribution in [-0.4, -0.2) is 77.7 Å². The summed E-state index contributed by atoms with van der Waals surface area (Å²) in [7, 11) is 5.60. The zero-order chi connectivity index (χ0) is 35.1. The molecule has 1 aromatic carbocycles. The maximum absolute atomic E-state index is 13.7. The molecule has 0 unspecified atom stereocenters. The third-order valence-corrected chi connectivity index (χ3v) is 7.40. The normalized spacial score (nSPS) is 13.9. The molecule has 0 spiro atoms. The standard InChI is InChI=1S/C32H37F6N9O/c1-20-6-7-22(29(48)40-17-21-14-23(32(36,37)38)16-24(15-21)47(4)13-5-12-46(2)3)8-9-25(20)44-28-27-26(42-19-43-28)18-41-30(45-27)39-11-10-31(33,34)35/h6-7,9,14-16,18-19H,5,8,10-13,17H2,1-4H3,(H,40,48)(H,39,41,45)(H,42,43,44). The van der Waals surface area contributed by atoms with E-state index in [0.29, 0.717) is 34.6 Å². The van der Waals surface area contributed by atoms with Crippen molar-refractivity contribution in [3.63, 3.8) is 0 Å². The molecule has 1 aliphatic carbocycles. The van der Waals surface area contributed by atoms with E-state index in [2.05, 4.69) is 35.9 Å². The molecule has 1 aliphatic rings. The summed E-state index contributed by atoms with van der Waals surface area (Å²) in [6.45, 7) is 2.64. The van der Waals surface area contributed by atoms with E-state index < -0.39 is 36.8 Å². The number of rotatable bonds is 13. The summed E-state index contributed by atoms with van der Waals surface area (Å²) in [6, 6.07) is 3.79. The lowest BCUT2D eigenvalue weighted by molar-refractivity contribution is -0.137. The summed E-state index contributed by atoms with van der Waals surface area (Å²) >= 11 is 0. The van der Waals surface area contributed by atoms with E-state index >= 15 is 0 Å². The van der Waals surface area contributed by atoms with Gasteiger partial charge < -0.3 is 25.8 Å². The lowest BCUT2D eigenvalue weighted by Gasteiger charge is -2.23. The summed E-state index contributed by atoms with van der Waals surface area (Å²) < 4.78 is 78.9. The highest BCUT2D eigenvalue weighted by Crippen LogP contribution is 2.33. The van der Waals surface area contributed by atoms with Gasteiger partial charge in [0.25, 0.3) is 0 Å². The van der Waals surface area contributed by atoms with Gasteiger partial charge in [0.05, 0.1) is 18.2 Å². The Hall–Kier alpha value is -4.73. The quantitative estimate of drug-likeness (QED) is 0.186. The number of nitrogens with zero attached hydrogens (tertiary/aromatic N) is 6. The van der Waals surface area contributed by atoms with Crippen LogP contribution in [0.15, 0.2) is 65.8 Å². The van der Waals surface area contributed by atoms with Crippen molar-refractivity contribution in [1.29, 1.82) is 0 Å². The number of halogens is 6. The first-order chi connectivity index (χ1) is 22.6. The SMILES string of the molecule is CC1=CC=C(C(=O)NCc2cc(N(C)CCCN(C)C)cc(C(F)(F)F)c2)CC=C1Nc1ncnc2cnc(NCCC(F)(F)F)nc12. The molecular weight excluding hydrogens is 640 g/mol. The summed E-state index contributed by atoms with van der Waals surface area (Å²) in [5.74, 6) is -0.180. The molecule has 0 saturated heterocycles. The molecule has 0 atom stereocenters. The molecule has 0 radical (unpaired) electrons. The molecule has 2 heterocycles. The Morgan fingerprint density at radius 2 is 1.75 bits per heavy atom. The van der Waals surface area contributed by atoms with Crippen LogP contribution < -0.4 is 20.9 Å². The Morgan fingerprint density at radius 3 is 2.46 bits per heavy atom. The molecule has 0 aliphatic heterocycles. The van der Waals surface area contributed by atoms with Crippen molar-refractivity contribution in [2.45, 2.75) is 45.1 Å². The van der Waals surface area contributed by atoms with E-state index in [-0.39, 0.29) is 30.2 Å². The van der Waals surface area contributed by atoms with Crippen molar-refractivity contribution < 1.29 is 31.1 Å². The van der Waals surface area contributed by atoms with Crippen LogP contribution in [0.2, 0.25) is 0 Å². The fourth-order valence-electron chi connectivity index (χ4n) is 4.76. The zero-order valence-corrected chi connectivity index (χ0v) is 26.9. The summed E-state index contributed by atoms with van der Waals surface area (Å²) in [4.78, 5) is 33.6. The molecule has 3 aromatic rings. The monoisotopic (exact) mass is 677 g/mol. The number of carbonyl (C=O) groups excluding carboxylic acids is 1. The van der Waals surface area contributed by atoms with Gasteiger partial charge in [0.1, 0.15) is 17.4 Å². The van der Waals surface area contributed by atoms with Crippen LogP contribution in [0.1, 0.15) is 37.3 Å². The van der Waals surface area contributed by atoms with Gasteiger partial charge >= 0.3 is 12.4 Å². The molecule has 10 nitrogen and oxygen atoms in total. The number of fused-ring (bicyclic) bond motifs is 1. The maximum atomic E-state index is 13.7. The molecule has 0 saturated carbocycles. The molecule has 16 heteroatoms. The van der Waals surface area contributed by atoms with Crippen LogP contribution in [0.5, 0.6) is 0 Å². The zero-order valence-electron chi connectivity index (χ0n) is 26.9. The largest absolute Gasteiger partial charge is 0.416 e. The van der Waals surface area contributed by atoms with Gasteiger partial charge in [0.2, 0.25) is 11.9 Å². The van der Waals surface area contributed by atoms with E-state index in [4.69, 9.17) is 0 Å². The number of hydrogen-bond donors (Lipinski definition) is 3. The lowest BCUT2D eigenvalue weighted by Crippen LogP contribution is -2.26. The molecule has 0 bridgehead atoms. The second-order valence-corrected chi connectivity index (χ2v) is 11.6. The van der Waals surface area contributed by atoms with Gasteiger partial charge in [0, 0.05) is 43.6 Å². The number of allylic oxidation sites excluding steroid dienone is 4. The fraction of sp³-hybridized carbons (Fsp3) is 0.406. The second kappa shape index (κ2) is 15.4. The average Bonchev–Trinajstić information content (AvgIpc) is 3.19. The van der Waals surface area contributed by atoms with Crippen LogP contribution in [0, 0.1) is 0 Å². The van der Waals surface area contributed by atoms with Crippen molar-refractivity contribution in [3.8, 4) is 0 Å². The average molecular weight is 678 g/mol. The Morgan fingerprint density at radius 1 is 0.979 bits per heavy atom. The molecule has 2 aromatic heterocycles. The summed E-state index contributed by atoms with van der Waals surface area (Å²) in [5, 5.41) is 8.45. The van der Waals surface area contributed by atoms with Crippen LogP contribution in [0.25, 0.3) is 11.0 Å². The number of carbonyl (C=O) groups is 1. The van der Waals surface area contributed by atoms with Gasteiger partial charge in [-0.3, -0.25) is 4.79 Å². The highest BCUT2D eigenvalue weighted by molar-refractivity contribution is 5.94. The van der Waals surface area contributed by atoms with Crippen LogP contribution in [0.4, 0.5) is 43.8 Å². The van der Waals surface area contributed by atoms with Crippen molar-refractivity contribution in [2.75, 3.05) is 56.3 Å². The number of hydrogen-bond acceptors (Lipinski definition) is 9. The third kappa shape index (κ3) is 10.4. The van der Waals surface area contributed by atoms with Gasteiger partial charge in [-0.25, -0.2) is 19.9 Å². The maximum Gasteiger partial charge on any atom is 0.416 e. The minimum absolute atomic E-state index is 0.0174. The molecule has 3 N–H and O–H groups in total. The van der Waals surface area contributed by atoms with Gasteiger partial charge in [0.15, 0.2) is 5.82 Å². The van der Waals surface area contributed by atoms with E-state index in [1.54, 1.807) is 43.2 Å². The highest BCUT2D eigenvalue weighted by Gasteiger charge is 2.31. The first kappa shape index (κ1) is 36.1. The first-order valence-corrected chi connectivity index (χ1v) is 15.1. The second-order valence-electron chi connectivity index (χ2n) is 11.6. The minimum atomic E-state index is -4.55. The Labute approximate surface area is 274 Å². The van der Waals surface area contributed by atoms with E-state index in [0.717, 1.165) is 30.7 Å². The third-order valence-electron chi connectivity index (χ3n) is 7.40. The number of benzene rings is 1. The number of alkyl halides is 6. The van der Waals surface area contributed by atoms with Gasteiger partial charge in [-0.2, -0.15) is 26.3 Å². The van der Waals surface area contributed by atoms with Crippen LogP contribution in [-0.2, 0) is 17.5 Å². The summed E-state index contributed by atoms with van der Waals surface area (Å²) in [6.07, 6.45) is -1.21. The van der Waals surface area contributed by atoms with Crippen molar-refractivity contribution in [3.05, 3.63) is 76.9 Å². The molecule has 4 rings (SSSR count). The van der Waals surface area contributed by atoms with Crippen LogP contribution >= 0.6 is 0 Å². The number of nitrogens with one attached hydrogen (secondary N) is 3. The lowest BCUT2D eigenvalue weighted by atomic mass is 10.1. The predicted molar refractivity (Wildman–Crippen MR) is 172 cm³/mol. The smallest absolute Gasteiger partial charge is 0.375 e. The molecule has 258 valence electrons. The van der Waals surface area contributed by atoms with Crippen molar-refractivity contribution >= 4 is 34.4 Å². The Bertz CT molecular complexity index is 1700. The van der Waals surface area contributed by atoms with E-state index in [1.165, 1.54) is 12.5 Å². The summed E-state index contributed by atoms with van der Waals surface area (Å²) in [5.41, 5.74) is 2.28. The van der Waals surface area contributed by atoms with E-state index in [1.807, 2.05) is 19.0 Å². The number of amides is 1. The minimum Gasteiger partial charge on any atom is -0.375 e. The van der Waals surface area contributed by atoms with Crippen LogP contribution in [0.3, 0.4) is 0 Å². The topological polar surface area (TPSA) is 111 Å². The van der Waals surface area contributed by atoms with Gasteiger partial charge in [-0.1, -0.05) is 18.2 Å².